The summed E-state index contributed by atoms with van der Waals surface area (Å²) in [5.41, 5.74) is 0.826. The average molecular weight is 281 g/mol. The zero-order chi connectivity index (χ0) is 14.4. The summed E-state index contributed by atoms with van der Waals surface area (Å²) in [5.74, 6) is 0.889. The molecule has 108 valence electrons. The van der Waals surface area contributed by atoms with Crippen LogP contribution in [0.25, 0.3) is 0 Å². The predicted octanol–water partition coefficient (Wildman–Crippen LogP) is 3.97. The van der Waals surface area contributed by atoms with E-state index in [1.165, 1.54) is 6.07 Å². The van der Waals surface area contributed by atoms with Crippen molar-refractivity contribution in [2.75, 3.05) is 6.54 Å². The van der Waals surface area contributed by atoms with Gasteiger partial charge in [-0.25, -0.2) is 0 Å². The Morgan fingerprint density at radius 1 is 1.25 bits per heavy atom. The monoisotopic (exact) mass is 281 g/mol. The highest BCUT2D eigenvalue weighted by atomic mass is 19.3. The molecule has 0 amide bonds. The lowest BCUT2D eigenvalue weighted by Crippen LogP contribution is -2.22. The summed E-state index contributed by atoms with van der Waals surface area (Å²) in [5, 5.41) is 3.33. The number of benzene rings is 1. The predicted molar refractivity (Wildman–Crippen MR) is 71.9 cm³/mol. The average Bonchev–Trinajstić information content (AvgIpc) is 2.93. The molecule has 0 saturated heterocycles. The van der Waals surface area contributed by atoms with Crippen molar-refractivity contribution in [2.45, 2.75) is 26.0 Å². The van der Waals surface area contributed by atoms with Gasteiger partial charge in [-0.05, 0) is 42.8 Å². The number of hydrogen-bond donors (Lipinski definition) is 1. The van der Waals surface area contributed by atoms with Crippen LogP contribution in [0.15, 0.2) is 47.1 Å². The molecule has 2 aromatic rings. The largest absolute Gasteiger partial charge is 0.467 e. The number of ether oxygens (including phenoxy) is 1. The Morgan fingerprint density at radius 3 is 2.75 bits per heavy atom. The van der Waals surface area contributed by atoms with Crippen LogP contribution in [0.1, 0.15) is 30.7 Å². The molecule has 0 spiro atoms. The maximum Gasteiger partial charge on any atom is 0.387 e. The highest BCUT2D eigenvalue weighted by Gasteiger charge is 2.17. The lowest BCUT2D eigenvalue weighted by molar-refractivity contribution is -0.0498. The molecule has 0 aliphatic rings. The summed E-state index contributed by atoms with van der Waals surface area (Å²) in [6.07, 6.45) is 2.56. The van der Waals surface area contributed by atoms with Crippen molar-refractivity contribution in [3.05, 3.63) is 54.0 Å². The highest BCUT2D eigenvalue weighted by Crippen LogP contribution is 2.26. The fourth-order valence-electron chi connectivity index (χ4n) is 2.00. The zero-order valence-electron chi connectivity index (χ0n) is 11.2. The van der Waals surface area contributed by atoms with E-state index in [1.54, 1.807) is 24.5 Å². The Bertz CT molecular complexity index is 514. The molecule has 1 heterocycles. The quantitative estimate of drug-likeness (QED) is 0.834. The van der Waals surface area contributed by atoms with Gasteiger partial charge >= 0.3 is 6.61 Å². The first-order chi connectivity index (χ1) is 9.70. The van der Waals surface area contributed by atoms with Gasteiger partial charge in [-0.15, -0.1) is 0 Å². The van der Waals surface area contributed by atoms with Crippen LogP contribution < -0.4 is 10.1 Å². The van der Waals surface area contributed by atoms with Gasteiger partial charge in [0.2, 0.25) is 0 Å². The van der Waals surface area contributed by atoms with E-state index in [2.05, 4.69) is 17.0 Å². The summed E-state index contributed by atoms with van der Waals surface area (Å²) < 4.78 is 34.4. The number of nitrogens with one attached hydrogen (secondary N) is 1. The molecular formula is C15H17F2NO2. The second-order valence-corrected chi connectivity index (χ2v) is 4.35. The normalized spacial score (nSPS) is 12.6. The Kier molecular flexibility index (Phi) is 5.12. The van der Waals surface area contributed by atoms with Gasteiger partial charge in [0.05, 0.1) is 12.3 Å². The van der Waals surface area contributed by atoms with E-state index < -0.39 is 6.61 Å². The minimum absolute atomic E-state index is 0.146. The van der Waals surface area contributed by atoms with Crippen LogP contribution in [-0.4, -0.2) is 13.2 Å². The van der Waals surface area contributed by atoms with Crippen molar-refractivity contribution in [2.24, 2.45) is 0 Å². The second-order valence-electron chi connectivity index (χ2n) is 4.35. The van der Waals surface area contributed by atoms with Gasteiger partial charge in [-0.2, -0.15) is 8.78 Å². The summed E-state index contributed by atoms with van der Waals surface area (Å²) in [6.45, 7) is 0.0318. The second kappa shape index (κ2) is 7.05. The molecule has 1 unspecified atom stereocenters. The van der Waals surface area contributed by atoms with Crippen LogP contribution in [0.5, 0.6) is 5.75 Å². The molecule has 0 saturated carbocycles. The minimum Gasteiger partial charge on any atom is -0.467 e. The molecule has 2 rings (SSSR count). The summed E-state index contributed by atoms with van der Waals surface area (Å²) in [4.78, 5) is 0. The van der Waals surface area contributed by atoms with Crippen LogP contribution in [0.4, 0.5) is 8.78 Å². The molecule has 0 aliphatic heterocycles. The van der Waals surface area contributed by atoms with Gasteiger partial charge in [0.1, 0.15) is 11.5 Å². The van der Waals surface area contributed by atoms with Crippen molar-refractivity contribution in [1.82, 2.24) is 5.32 Å². The van der Waals surface area contributed by atoms with E-state index in [0.29, 0.717) is 0 Å². The standard InChI is InChI=1S/C15H17F2NO2/c1-2-8-18-14(13-7-4-9-19-13)11-5-3-6-12(10-11)20-15(16)17/h3-7,9-10,14-15,18H,2,8H2,1H3. The molecule has 3 nitrogen and oxygen atoms in total. The molecule has 0 aliphatic carbocycles. The fraction of sp³-hybridized carbons (Fsp3) is 0.333. The van der Waals surface area contributed by atoms with E-state index in [9.17, 15) is 8.78 Å². The van der Waals surface area contributed by atoms with Crippen LogP contribution in [0.3, 0.4) is 0 Å². The maximum absolute atomic E-state index is 12.3. The van der Waals surface area contributed by atoms with Crippen molar-refractivity contribution < 1.29 is 17.9 Å². The first-order valence-electron chi connectivity index (χ1n) is 6.52. The van der Waals surface area contributed by atoms with Gasteiger partial charge in [0.15, 0.2) is 0 Å². The molecule has 1 aromatic heterocycles. The van der Waals surface area contributed by atoms with Crippen LogP contribution in [0.2, 0.25) is 0 Å². The lowest BCUT2D eigenvalue weighted by Gasteiger charge is -2.17. The van der Waals surface area contributed by atoms with Gasteiger partial charge in [0.25, 0.3) is 0 Å². The smallest absolute Gasteiger partial charge is 0.387 e. The summed E-state index contributed by atoms with van der Waals surface area (Å²) in [7, 11) is 0. The van der Waals surface area contributed by atoms with Gasteiger partial charge in [0, 0.05) is 0 Å². The molecule has 20 heavy (non-hydrogen) atoms. The van der Waals surface area contributed by atoms with E-state index in [-0.39, 0.29) is 11.8 Å². The van der Waals surface area contributed by atoms with Crippen molar-refractivity contribution in [3.63, 3.8) is 0 Å². The minimum atomic E-state index is -2.82. The van der Waals surface area contributed by atoms with E-state index in [4.69, 9.17) is 4.42 Å². The Labute approximate surface area is 116 Å². The maximum atomic E-state index is 12.3. The molecule has 5 heteroatoms. The molecule has 0 radical (unpaired) electrons. The van der Waals surface area contributed by atoms with Crippen molar-refractivity contribution >= 4 is 0 Å². The lowest BCUT2D eigenvalue weighted by atomic mass is 10.0. The molecular weight excluding hydrogens is 264 g/mol. The first-order valence-corrected chi connectivity index (χ1v) is 6.52. The molecule has 0 fully saturated rings. The molecule has 1 atom stereocenters. The Hall–Kier alpha value is -1.88. The van der Waals surface area contributed by atoms with Crippen LogP contribution in [-0.2, 0) is 0 Å². The summed E-state index contributed by atoms with van der Waals surface area (Å²) >= 11 is 0. The van der Waals surface area contributed by atoms with E-state index >= 15 is 0 Å². The molecule has 1 aromatic carbocycles. The highest BCUT2D eigenvalue weighted by molar-refractivity contribution is 5.34. The van der Waals surface area contributed by atoms with Crippen molar-refractivity contribution in [3.8, 4) is 5.75 Å². The van der Waals surface area contributed by atoms with Crippen LogP contribution in [0, 0.1) is 0 Å². The summed E-state index contributed by atoms with van der Waals surface area (Å²) in [6, 6.07) is 10.1. The van der Waals surface area contributed by atoms with Crippen molar-refractivity contribution in [1.29, 1.82) is 0 Å². The van der Waals surface area contributed by atoms with E-state index in [1.807, 2.05) is 12.1 Å². The van der Waals surface area contributed by atoms with Gasteiger partial charge in [-0.3, -0.25) is 0 Å². The number of furan rings is 1. The Balaban J connectivity index is 2.24. The molecule has 0 bridgehead atoms. The van der Waals surface area contributed by atoms with E-state index in [0.717, 1.165) is 24.3 Å². The number of hydrogen-bond acceptors (Lipinski definition) is 3. The third-order valence-corrected chi connectivity index (χ3v) is 2.84. The zero-order valence-corrected chi connectivity index (χ0v) is 11.2. The Morgan fingerprint density at radius 2 is 2.10 bits per heavy atom. The van der Waals surface area contributed by atoms with Gasteiger partial charge < -0.3 is 14.5 Å². The number of halogens is 2. The third kappa shape index (κ3) is 3.81. The number of alkyl halides is 2. The topological polar surface area (TPSA) is 34.4 Å². The third-order valence-electron chi connectivity index (χ3n) is 2.84. The fourth-order valence-corrected chi connectivity index (χ4v) is 2.00. The van der Waals surface area contributed by atoms with Gasteiger partial charge in [-0.1, -0.05) is 19.1 Å². The SMILES string of the molecule is CCCNC(c1cccc(OC(F)F)c1)c1ccco1. The van der Waals surface area contributed by atoms with Crippen LogP contribution >= 0.6 is 0 Å². The number of rotatable bonds is 7. The first kappa shape index (κ1) is 14.5. The molecule has 1 N–H and O–H groups in total.